The first-order chi connectivity index (χ1) is 10.2. The molecule has 1 fully saturated rings. The van der Waals surface area contributed by atoms with Gasteiger partial charge in [0.25, 0.3) is 0 Å². The van der Waals surface area contributed by atoms with Crippen molar-refractivity contribution in [3.05, 3.63) is 29.0 Å². The fourth-order valence-corrected chi connectivity index (χ4v) is 3.28. The standard InChI is InChI=1S/C14H19N5OS/c1-10-7-12(18-17-10)11-3-2-5-19(8-11)9-13(20)16-14-15-4-6-21-14/h4,6-7,11H,2-3,5,8-9H2,1H3,(H,17,18)(H,15,16,20)/t11-/m1/s1. The smallest absolute Gasteiger partial charge is 0.240 e. The minimum Gasteiger partial charge on any atom is -0.301 e. The van der Waals surface area contributed by atoms with E-state index in [0.29, 0.717) is 17.6 Å². The summed E-state index contributed by atoms with van der Waals surface area (Å²) < 4.78 is 0. The van der Waals surface area contributed by atoms with Crippen LogP contribution in [0.25, 0.3) is 0 Å². The fraction of sp³-hybridized carbons (Fsp3) is 0.500. The van der Waals surface area contributed by atoms with Gasteiger partial charge in [0, 0.05) is 29.7 Å². The highest BCUT2D eigenvalue weighted by atomic mass is 32.1. The molecule has 0 aromatic carbocycles. The Morgan fingerprint density at radius 3 is 3.24 bits per heavy atom. The van der Waals surface area contributed by atoms with Crippen molar-refractivity contribution < 1.29 is 4.79 Å². The van der Waals surface area contributed by atoms with Gasteiger partial charge in [-0.2, -0.15) is 5.10 Å². The predicted molar refractivity (Wildman–Crippen MR) is 82.5 cm³/mol. The second-order valence-corrected chi connectivity index (χ2v) is 6.33. The first-order valence-electron chi connectivity index (χ1n) is 7.14. The molecule has 1 saturated heterocycles. The second kappa shape index (κ2) is 6.36. The zero-order valence-corrected chi connectivity index (χ0v) is 12.8. The highest BCUT2D eigenvalue weighted by molar-refractivity contribution is 7.13. The van der Waals surface area contributed by atoms with E-state index in [1.54, 1.807) is 6.20 Å². The summed E-state index contributed by atoms with van der Waals surface area (Å²) in [5.41, 5.74) is 2.20. The Morgan fingerprint density at radius 2 is 2.52 bits per heavy atom. The highest BCUT2D eigenvalue weighted by Crippen LogP contribution is 2.25. The van der Waals surface area contributed by atoms with Crippen molar-refractivity contribution in [3.8, 4) is 0 Å². The van der Waals surface area contributed by atoms with Crippen molar-refractivity contribution in [2.45, 2.75) is 25.7 Å². The molecule has 1 amide bonds. The van der Waals surface area contributed by atoms with Crippen LogP contribution >= 0.6 is 11.3 Å². The summed E-state index contributed by atoms with van der Waals surface area (Å²) in [6.45, 7) is 4.28. The number of thiazole rings is 1. The number of carbonyl (C=O) groups excluding carboxylic acids is 1. The number of hydrogen-bond donors (Lipinski definition) is 2. The summed E-state index contributed by atoms with van der Waals surface area (Å²) in [5, 5.41) is 12.7. The van der Waals surface area contributed by atoms with E-state index >= 15 is 0 Å². The SMILES string of the molecule is Cc1cc([C@@H]2CCCN(CC(=O)Nc3nccs3)C2)n[nH]1. The largest absolute Gasteiger partial charge is 0.301 e. The molecule has 7 heteroatoms. The molecule has 3 rings (SSSR count). The average molecular weight is 305 g/mol. The average Bonchev–Trinajstić information content (AvgIpc) is 3.10. The van der Waals surface area contributed by atoms with Crippen LogP contribution < -0.4 is 5.32 Å². The monoisotopic (exact) mass is 305 g/mol. The Balaban J connectivity index is 1.55. The van der Waals surface area contributed by atoms with Crippen molar-refractivity contribution in [2.24, 2.45) is 0 Å². The Hall–Kier alpha value is -1.73. The number of hydrogen-bond acceptors (Lipinski definition) is 5. The van der Waals surface area contributed by atoms with Crippen molar-refractivity contribution in [3.63, 3.8) is 0 Å². The topological polar surface area (TPSA) is 73.9 Å². The molecule has 21 heavy (non-hydrogen) atoms. The predicted octanol–water partition coefficient (Wildman–Crippen LogP) is 1.99. The summed E-state index contributed by atoms with van der Waals surface area (Å²) in [5.74, 6) is 0.417. The van der Waals surface area contributed by atoms with E-state index in [1.165, 1.54) is 11.3 Å². The van der Waals surface area contributed by atoms with E-state index in [1.807, 2.05) is 12.3 Å². The van der Waals surface area contributed by atoms with Crippen molar-refractivity contribution in [1.82, 2.24) is 20.1 Å². The van der Waals surface area contributed by atoms with Crippen LogP contribution in [0.15, 0.2) is 17.6 Å². The van der Waals surface area contributed by atoms with Crippen LogP contribution in [0.5, 0.6) is 0 Å². The summed E-state index contributed by atoms with van der Waals surface area (Å²) in [6, 6.07) is 2.10. The van der Waals surface area contributed by atoms with Crippen LogP contribution in [0.3, 0.4) is 0 Å². The molecule has 2 N–H and O–H groups in total. The number of aryl methyl sites for hydroxylation is 1. The molecule has 0 spiro atoms. The van der Waals surface area contributed by atoms with Gasteiger partial charge in [-0.05, 0) is 32.4 Å². The van der Waals surface area contributed by atoms with Gasteiger partial charge in [-0.15, -0.1) is 11.3 Å². The van der Waals surface area contributed by atoms with Crippen LogP contribution in [0, 0.1) is 6.92 Å². The number of aromatic amines is 1. The van der Waals surface area contributed by atoms with E-state index in [9.17, 15) is 4.79 Å². The van der Waals surface area contributed by atoms with E-state index in [2.05, 4.69) is 31.5 Å². The zero-order valence-electron chi connectivity index (χ0n) is 12.0. The fourth-order valence-electron chi connectivity index (χ4n) is 2.74. The first-order valence-corrected chi connectivity index (χ1v) is 8.02. The van der Waals surface area contributed by atoms with Crippen LogP contribution in [-0.4, -0.2) is 45.6 Å². The maximum atomic E-state index is 12.0. The molecule has 0 bridgehead atoms. The number of anilines is 1. The number of nitrogens with zero attached hydrogens (tertiary/aromatic N) is 3. The molecule has 2 aromatic heterocycles. The molecule has 1 aliphatic rings. The first kappa shape index (κ1) is 14.2. The molecular weight excluding hydrogens is 286 g/mol. The van der Waals surface area contributed by atoms with E-state index in [4.69, 9.17) is 0 Å². The lowest BCUT2D eigenvalue weighted by molar-refractivity contribution is -0.117. The number of nitrogens with one attached hydrogen (secondary N) is 2. The number of amides is 1. The number of carbonyl (C=O) groups is 1. The highest BCUT2D eigenvalue weighted by Gasteiger charge is 2.24. The summed E-state index contributed by atoms with van der Waals surface area (Å²) >= 11 is 1.44. The Bertz CT molecular complexity index is 594. The maximum Gasteiger partial charge on any atom is 0.240 e. The lowest BCUT2D eigenvalue weighted by atomic mass is 9.94. The molecule has 3 heterocycles. The molecular formula is C14H19N5OS. The van der Waals surface area contributed by atoms with Crippen LogP contribution in [0.2, 0.25) is 0 Å². The third-order valence-corrected chi connectivity index (χ3v) is 4.38. The Morgan fingerprint density at radius 1 is 1.62 bits per heavy atom. The van der Waals surface area contributed by atoms with Crippen molar-refractivity contribution in [2.75, 3.05) is 25.0 Å². The second-order valence-electron chi connectivity index (χ2n) is 5.44. The molecule has 1 aliphatic heterocycles. The van der Waals surface area contributed by atoms with E-state index in [-0.39, 0.29) is 5.91 Å². The normalized spacial score (nSPS) is 19.6. The zero-order chi connectivity index (χ0) is 14.7. The van der Waals surface area contributed by atoms with Gasteiger partial charge in [-0.3, -0.25) is 14.8 Å². The van der Waals surface area contributed by atoms with Gasteiger partial charge in [-0.1, -0.05) is 0 Å². The maximum absolute atomic E-state index is 12.0. The van der Waals surface area contributed by atoms with Crippen LogP contribution in [-0.2, 0) is 4.79 Å². The number of aromatic nitrogens is 3. The van der Waals surface area contributed by atoms with Gasteiger partial charge in [0.2, 0.25) is 5.91 Å². The van der Waals surface area contributed by atoms with Crippen molar-refractivity contribution in [1.29, 1.82) is 0 Å². The van der Waals surface area contributed by atoms with Gasteiger partial charge < -0.3 is 5.32 Å². The Labute approximate surface area is 127 Å². The number of likely N-dealkylation sites (tertiary alicyclic amines) is 1. The summed E-state index contributed by atoms with van der Waals surface area (Å²) in [4.78, 5) is 18.3. The number of piperidine rings is 1. The third kappa shape index (κ3) is 3.68. The molecule has 6 nitrogen and oxygen atoms in total. The van der Waals surface area contributed by atoms with Crippen LogP contribution in [0.1, 0.15) is 30.1 Å². The van der Waals surface area contributed by atoms with E-state index < -0.39 is 0 Å². The minimum atomic E-state index is 0.00353. The van der Waals surface area contributed by atoms with Gasteiger partial charge >= 0.3 is 0 Å². The lowest BCUT2D eigenvalue weighted by Gasteiger charge is -2.31. The molecule has 0 unspecified atom stereocenters. The third-order valence-electron chi connectivity index (χ3n) is 3.70. The Kier molecular flexibility index (Phi) is 4.31. The quantitative estimate of drug-likeness (QED) is 0.906. The van der Waals surface area contributed by atoms with Gasteiger partial charge in [0.1, 0.15) is 0 Å². The van der Waals surface area contributed by atoms with Gasteiger partial charge in [0.05, 0.1) is 12.2 Å². The summed E-state index contributed by atoms with van der Waals surface area (Å²) in [6.07, 6.45) is 3.92. The molecule has 0 radical (unpaired) electrons. The molecule has 0 saturated carbocycles. The molecule has 112 valence electrons. The van der Waals surface area contributed by atoms with Crippen molar-refractivity contribution >= 4 is 22.4 Å². The minimum absolute atomic E-state index is 0.00353. The molecule has 1 atom stereocenters. The lowest BCUT2D eigenvalue weighted by Crippen LogP contribution is -2.39. The summed E-state index contributed by atoms with van der Waals surface area (Å²) in [7, 11) is 0. The molecule has 2 aromatic rings. The number of H-pyrrole nitrogens is 1. The van der Waals surface area contributed by atoms with Gasteiger partial charge in [0.15, 0.2) is 5.13 Å². The van der Waals surface area contributed by atoms with E-state index in [0.717, 1.165) is 37.3 Å². The van der Waals surface area contributed by atoms with Gasteiger partial charge in [-0.25, -0.2) is 4.98 Å². The number of rotatable bonds is 4. The van der Waals surface area contributed by atoms with Crippen LogP contribution in [0.4, 0.5) is 5.13 Å². The molecule has 0 aliphatic carbocycles.